The molecule has 0 saturated carbocycles. The van der Waals surface area contributed by atoms with E-state index in [-0.39, 0.29) is 0 Å². The minimum atomic E-state index is -2.86. The van der Waals surface area contributed by atoms with Crippen molar-refractivity contribution in [3.63, 3.8) is 0 Å². The van der Waals surface area contributed by atoms with Crippen molar-refractivity contribution >= 4 is 91.2 Å². The van der Waals surface area contributed by atoms with Crippen LogP contribution in [0.25, 0.3) is 161 Å². The van der Waals surface area contributed by atoms with E-state index in [1.807, 2.05) is 140 Å². The molecule has 0 fully saturated rings. The van der Waals surface area contributed by atoms with Crippen LogP contribution in [0.3, 0.4) is 0 Å². The Morgan fingerprint density at radius 3 is 1.22 bits per heavy atom. The third-order valence-electron chi connectivity index (χ3n) is 22.2. The van der Waals surface area contributed by atoms with Gasteiger partial charge >= 0.3 is 15.1 Å². The van der Waals surface area contributed by atoms with Gasteiger partial charge in [0, 0.05) is 62.7 Å². The lowest BCUT2D eigenvalue weighted by molar-refractivity contribution is 0.311. The molecule has 0 bridgehead atoms. The molecular weight excluding hydrogens is 1440 g/mol. The minimum absolute atomic E-state index is 0.410. The molecule has 2 aliphatic carbocycles. The first-order chi connectivity index (χ1) is 57.5. The molecular formula is C104H67AlN8O3. The van der Waals surface area contributed by atoms with Crippen LogP contribution in [0.1, 0.15) is 22.3 Å². The molecule has 116 heavy (non-hydrogen) atoms. The lowest BCUT2D eigenvalue weighted by Crippen LogP contribution is -2.37. The molecule has 0 N–H and O–H groups in total. The summed E-state index contributed by atoms with van der Waals surface area (Å²) in [4.78, 5) is 33.6. The highest BCUT2D eigenvalue weighted by atomic mass is 27.3. The number of fused-ring (bicyclic) bond motifs is 18. The number of aromatic nitrogens is 8. The van der Waals surface area contributed by atoms with Crippen molar-refractivity contribution in [2.45, 2.75) is 5.41 Å². The van der Waals surface area contributed by atoms with Gasteiger partial charge in [-0.15, -0.1) is 0 Å². The second-order valence-electron chi connectivity index (χ2n) is 28.9. The molecule has 0 aliphatic heterocycles. The van der Waals surface area contributed by atoms with E-state index >= 15 is 0 Å². The molecule has 0 atom stereocenters. The van der Waals surface area contributed by atoms with E-state index in [1.165, 1.54) is 88.0 Å². The molecule has 5 heterocycles. The second kappa shape index (κ2) is 29.6. The van der Waals surface area contributed by atoms with Crippen LogP contribution in [0.15, 0.2) is 407 Å². The Hall–Kier alpha value is -15.1. The molecule has 0 unspecified atom stereocenters. The first kappa shape index (κ1) is 68.9. The largest absolute Gasteiger partial charge is 1.20 e. The first-order valence-corrected chi connectivity index (χ1v) is 40.2. The van der Waals surface area contributed by atoms with Gasteiger partial charge in [0.1, 0.15) is 39.6 Å². The van der Waals surface area contributed by atoms with Crippen LogP contribution in [-0.2, 0) is 5.41 Å². The summed E-state index contributed by atoms with van der Waals surface area (Å²) in [5, 5.41) is 10.6. The van der Waals surface area contributed by atoms with E-state index < -0.39 is 20.6 Å². The molecule has 21 aromatic rings. The smallest absolute Gasteiger partial charge is 0.576 e. The van der Waals surface area contributed by atoms with Crippen molar-refractivity contribution in [2.24, 2.45) is 0 Å². The molecule has 12 heteroatoms. The van der Waals surface area contributed by atoms with Gasteiger partial charge in [-0.25, -0.2) is 19.9 Å². The summed E-state index contributed by atoms with van der Waals surface area (Å²) in [5.41, 5.74) is 21.9. The van der Waals surface area contributed by atoms with E-state index in [2.05, 4.69) is 268 Å². The Bertz CT molecular complexity index is 7020. The van der Waals surface area contributed by atoms with Gasteiger partial charge in [0.05, 0.1) is 16.4 Å². The van der Waals surface area contributed by atoms with E-state index in [9.17, 15) is 0 Å². The average molecular weight is 1500 g/mol. The summed E-state index contributed by atoms with van der Waals surface area (Å²) >= 11 is -2.86. The van der Waals surface area contributed by atoms with Gasteiger partial charge in [0.15, 0.2) is 17.5 Å². The highest BCUT2D eigenvalue weighted by Gasteiger charge is 2.52. The molecule has 0 saturated heterocycles. The zero-order chi connectivity index (χ0) is 76.9. The normalized spacial score (nSPS) is 12.0. The zero-order valence-electron chi connectivity index (χ0n) is 62.6. The fourth-order valence-electron chi connectivity index (χ4n) is 17.0. The van der Waals surface area contributed by atoms with E-state index in [4.69, 9.17) is 31.3 Å². The number of hydrogen-bond acceptors (Lipinski definition) is 10. The molecule has 0 radical (unpaired) electrons. The van der Waals surface area contributed by atoms with Crippen molar-refractivity contribution < 1.29 is 11.4 Å². The van der Waals surface area contributed by atoms with Crippen LogP contribution in [0, 0.1) is 0 Å². The lowest BCUT2D eigenvalue weighted by atomic mass is 9.70. The summed E-state index contributed by atoms with van der Waals surface area (Å²) in [5.74, 6) is 4.77. The van der Waals surface area contributed by atoms with E-state index in [0.717, 1.165) is 77.5 Å². The van der Waals surface area contributed by atoms with Crippen molar-refractivity contribution in [1.82, 2.24) is 39.5 Å². The number of pyridine rings is 3. The van der Waals surface area contributed by atoms with E-state index in [1.54, 1.807) is 18.6 Å². The standard InChI is InChI=1S/C40H25N3.C37H24N2.3C9H7NO.Al/c1-3-13-26(14-4-1)37-41-38(27-15-5-2-6-16-27)43-39(42-37)28-23-24-32-31-19-9-12-22-35(31)40(36(32)25-28)33-20-10-7-17-29(33)30-18-8-11-21-34(30)40;1-2-11-30(12-3-1)39-36-16-7-6-15-35(36)38-37(39)26-19-17-25(18-20-26)31-13-8-14-32-33(31)22-21-29-23-27-9-4-5-10-28(27)24-34(29)32;3*11-8-5-1-3-7-4-2-6-10-9(7)8;/h1-25H;1-24H;3*1-6,11H;/q;;;;;+3/p-3. The molecule has 2 aliphatic rings. The first-order valence-electron chi connectivity index (χ1n) is 38.8. The molecule has 0 amide bonds. The quantitative estimate of drug-likeness (QED) is 0.0664. The highest BCUT2D eigenvalue weighted by Crippen LogP contribution is 2.63. The minimum Gasteiger partial charge on any atom is -0.576 e. The predicted octanol–water partition coefficient (Wildman–Crippen LogP) is 24.9. The monoisotopic (exact) mass is 1500 g/mol. The average Bonchev–Trinajstić information content (AvgIpc) is 1.51. The van der Waals surface area contributed by atoms with Crippen molar-refractivity contribution in [3.05, 3.63) is 429 Å². The number of nitrogens with zero attached hydrogens (tertiary/aromatic N) is 8. The third-order valence-corrected chi connectivity index (χ3v) is 23.5. The Morgan fingerprint density at radius 1 is 0.250 bits per heavy atom. The number of para-hydroxylation sites is 6. The van der Waals surface area contributed by atoms with Crippen LogP contribution >= 0.6 is 0 Å². The number of hydrogen-bond donors (Lipinski definition) is 0. The molecule has 1 spiro atoms. The molecule has 11 nitrogen and oxygen atoms in total. The van der Waals surface area contributed by atoms with Gasteiger partial charge in [-0.1, -0.05) is 309 Å². The molecule has 5 aromatic heterocycles. The van der Waals surface area contributed by atoms with E-state index in [0.29, 0.717) is 34.7 Å². The maximum Gasteiger partial charge on any atom is 1.20 e. The van der Waals surface area contributed by atoms with Gasteiger partial charge in [0.2, 0.25) is 0 Å². The second-order valence-corrected chi connectivity index (χ2v) is 30.2. The van der Waals surface area contributed by atoms with Crippen LogP contribution in [0.5, 0.6) is 17.2 Å². The summed E-state index contributed by atoms with van der Waals surface area (Å²) in [6, 6.07) is 135. The maximum absolute atomic E-state index is 6.41. The Balaban J connectivity index is 0.000000110. The van der Waals surface area contributed by atoms with Crippen molar-refractivity contribution in [2.75, 3.05) is 0 Å². The Morgan fingerprint density at radius 2 is 0.672 bits per heavy atom. The predicted molar refractivity (Wildman–Crippen MR) is 470 cm³/mol. The van der Waals surface area contributed by atoms with Gasteiger partial charge in [-0.3, -0.25) is 19.5 Å². The summed E-state index contributed by atoms with van der Waals surface area (Å²) < 4.78 is 21.5. The molecule has 23 rings (SSSR count). The maximum atomic E-state index is 6.41. The zero-order valence-corrected chi connectivity index (χ0v) is 63.7. The number of benzene rings is 16. The Labute approximate surface area is 673 Å². The Kier molecular flexibility index (Phi) is 17.6. The van der Waals surface area contributed by atoms with Gasteiger partial charge in [0.25, 0.3) is 0 Å². The van der Waals surface area contributed by atoms with Crippen LogP contribution in [0.4, 0.5) is 0 Å². The molecule has 16 aromatic carbocycles. The van der Waals surface area contributed by atoms with Crippen LogP contribution in [-0.4, -0.2) is 54.6 Å². The van der Waals surface area contributed by atoms with Crippen molar-refractivity contribution in [3.8, 4) is 102 Å². The summed E-state index contributed by atoms with van der Waals surface area (Å²) in [7, 11) is 0. The van der Waals surface area contributed by atoms with Crippen molar-refractivity contribution in [1.29, 1.82) is 0 Å². The fraction of sp³-hybridized carbons (Fsp3) is 0.00962. The number of rotatable bonds is 12. The summed E-state index contributed by atoms with van der Waals surface area (Å²) in [6.45, 7) is 0. The lowest BCUT2D eigenvalue weighted by Gasteiger charge is -2.30. The third kappa shape index (κ3) is 12.4. The highest BCUT2D eigenvalue weighted by molar-refractivity contribution is 6.40. The van der Waals surface area contributed by atoms with Crippen LogP contribution in [0.2, 0.25) is 0 Å². The SMILES string of the molecule is c1ccc(-c2nc(-c3ccccc3)nc(-c3ccc4c(c3)C3(c5ccccc5-c5ccccc53)c3ccccc3-4)n2)cc1.c1ccc(-n2c(-c3ccc(-c4cccc5c4ccc4cc6ccccc6cc45)cc3)nc3ccccc32)cc1.c1cnc2c([O][Al]([O]c3cccc4cccnc34)[O]c3cccc4cccnc34)cccc2c1. The van der Waals surface area contributed by atoms with Gasteiger partial charge < -0.3 is 11.4 Å². The fourth-order valence-corrected chi connectivity index (χ4v) is 18.3. The van der Waals surface area contributed by atoms with Crippen LogP contribution < -0.4 is 11.4 Å². The summed E-state index contributed by atoms with van der Waals surface area (Å²) in [6.07, 6.45) is 5.24. The topological polar surface area (TPSA) is 123 Å². The number of imidazole rings is 1. The molecule has 544 valence electrons. The van der Waals surface area contributed by atoms with Gasteiger partial charge in [-0.2, -0.15) is 0 Å². The van der Waals surface area contributed by atoms with Gasteiger partial charge in [-0.05, 0) is 167 Å².